The molecule has 2 aromatic rings. The molecular weight excluding hydrogens is 252 g/mol. The summed E-state index contributed by atoms with van der Waals surface area (Å²) in [7, 11) is 1.79. The van der Waals surface area contributed by atoms with E-state index in [2.05, 4.69) is 15.3 Å². The van der Waals surface area contributed by atoms with Crippen LogP contribution in [0.4, 0.5) is 5.82 Å². The van der Waals surface area contributed by atoms with Crippen molar-refractivity contribution in [3.8, 4) is 0 Å². The van der Waals surface area contributed by atoms with Crippen molar-refractivity contribution in [3.63, 3.8) is 0 Å². The molecule has 0 radical (unpaired) electrons. The van der Waals surface area contributed by atoms with Gasteiger partial charge in [-0.25, -0.2) is 9.97 Å². The second-order valence-electron chi connectivity index (χ2n) is 4.86. The van der Waals surface area contributed by atoms with Gasteiger partial charge < -0.3 is 10.2 Å². The first kappa shape index (κ1) is 14.2. The fourth-order valence-corrected chi connectivity index (χ4v) is 1.98. The number of aromatic nitrogens is 2. The van der Waals surface area contributed by atoms with Gasteiger partial charge in [-0.3, -0.25) is 4.79 Å². The Balaban J connectivity index is 2.25. The SMILES string of the molecule is CCN(C)C(=O)C(C)Nc1nc2ccccc2nc1C. The summed E-state index contributed by atoms with van der Waals surface area (Å²) in [5.41, 5.74) is 2.48. The van der Waals surface area contributed by atoms with Gasteiger partial charge in [0.25, 0.3) is 0 Å². The Kier molecular flexibility index (Phi) is 4.17. The molecule has 1 N–H and O–H groups in total. The van der Waals surface area contributed by atoms with E-state index < -0.39 is 0 Å². The predicted octanol–water partition coefficient (Wildman–Crippen LogP) is 2.22. The molecular formula is C15H20N4O. The third-order valence-electron chi connectivity index (χ3n) is 3.32. The fraction of sp³-hybridized carbons (Fsp3) is 0.400. The van der Waals surface area contributed by atoms with Crippen LogP contribution >= 0.6 is 0 Å². The number of hydrogen-bond acceptors (Lipinski definition) is 4. The molecule has 0 spiro atoms. The third-order valence-corrected chi connectivity index (χ3v) is 3.32. The molecule has 2 rings (SSSR count). The molecule has 0 saturated carbocycles. The monoisotopic (exact) mass is 272 g/mol. The van der Waals surface area contributed by atoms with Gasteiger partial charge >= 0.3 is 0 Å². The molecule has 1 atom stereocenters. The highest BCUT2D eigenvalue weighted by Gasteiger charge is 2.17. The number of fused-ring (bicyclic) bond motifs is 1. The summed E-state index contributed by atoms with van der Waals surface area (Å²) in [6.07, 6.45) is 0. The Bertz CT molecular complexity index is 626. The van der Waals surface area contributed by atoms with Crippen molar-refractivity contribution < 1.29 is 4.79 Å². The van der Waals surface area contributed by atoms with Crippen LogP contribution in [0.1, 0.15) is 19.5 Å². The van der Waals surface area contributed by atoms with E-state index >= 15 is 0 Å². The number of rotatable bonds is 4. The van der Waals surface area contributed by atoms with Gasteiger partial charge in [-0.05, 0) is 32.9 Å². The van der Waals surface area contributed by atoms with Gasteiger partial charge in [-0.2, -0.15) is 0 Å². The van der Waals surface area contributed by atoms with Gasteiger partial charge in [0.2, 0.25) is 5.91 Å². The zero-order chi connectivity index (χ0) is 14.7. The molecule has 0 aliphatic heterocycles. The lowest BCUT2D eigenvalue weighted by Crippen LogP contribution is -2.39. The number of anilines is 1. The van der Waals surface area contributed by atoms with Crippen LogP contribution in [0.3, 0.4) is 0 Å². The highest BCUT2D eigenvalue weighted by molar-refractivity contribution is 5.84. The van der Waals surface area contributed by atoms with E-state index in [1.165, 1.54) is 0 Å². The Morgan fingerprint density at radius 1 is 1.30 bits per heavy atom. The maximum Gasteiger partial charge on any atom is 0.244 e. The number of aryl methyl sites for hydroxylation is 1. The first-order chi connectivity index (χ1) is 9.52. The van der Waals surface area contributed by atoms with Gasteiger partial charge in [0.15, 0.2) is 0 Å². The highest BCUT2D eigenvalue weighted by atomic mass is 16.2. The van der Waals surface area contributed by atoms with Crippen LogP contribution in [-0.2, 0) is 4.79 Å². The lowest BCUT2D eigenvalue weighted by Gasteiger charge is -2.21. The van der Waals surface area contributed by atoms with E-state index in [4.69, 9.17) is 0 Å². The molecule has 5 heteroatoms. The Morgan fingerprint density at radius 3 is 2.50 bits per heavy atom. The molecule has 20 heavy (non-hydrogen) atoms. The molecule has 0 aliphatic carbocycles. The molecule has 1 aromatic heterocycles. The zero-order valence-corrected chi connectivity index (χ0v) is 12.3. The Hall–Kier alpha value is -2.17. The minimum absolute atomic E-state index is 0.0434. The lowest BCUT2D eigenvalue weighted by molar-refractivity contribution is -0.130. The molecule has 0 fully saturated rings. The van der Waals surface area contributed by atoms with Crippen molar-refractivity contribution >= 4 is 22.8 Å². The standard InChI is InChI=1S/C15H20N4O/c1-5-19(4)15(20)11(3)17-14-10(2)16-12-8-6-7-9-13(12)18-14/h6-9,11H,5H2,1-4H3,(H,17,18). The maximum absolute atomic E-state index is 12.1. The van der Waals surface area contributed by atoms with Gasteiger partial charge in [-0.15, -0.1) is 0 Å². The van der Waals surface area contributed by atoms with Crippen molar-refractivity contribution in [2.75, 3.05) is 18.9 Å². The van der Waals surface area contributed by atoms with Gasteiger partial charge in [-0.1, -0.05) is 12.1 Å². The van der Waals surface area contributed by atoms with Crippen molar-refractivity contribution in [2.24, 2.45) is 0 Å². The summed E-state index contributed by atoms with van der Waals surface area (Å²) in [6.45, 7) is 6.37. The minimum Gasteiger partial charge on any atom is -0.357 e. The zero-order valence-electron chi connectivity index (χ0n) is 12.3. The molecule has 1 heterocycles. The predicted molar refractivity (Wildman–Crippen MR) is 80.7 cm³/mol. The average Bonchev–Trinajstić information content (AvgIpc) is 2.46. The molecule has 5 nitrogen and oxygen atoms in total. The van der Waals surface area contributed by atoms with E-state index in [-0.39, 0.29) is 11.9 Å². The number of amides is 1. The summed E-state index contributed by atoms with van der Waals surface area (Å²) in [5, 5.41) is 3.15. The smallest absolute Gasteiger partial charge is 0.244 e. The summed E-state index contributed by atoms with van der Waals surface area (Å²) in [4.78, 5) is 22.8. The Labute approximate surface area is 119 Å². The third kappa shape index (κ3) is 2.87. The number of carbonyl (C=O) groups excluding carboxylic acids is 1. The highest BCUT2D eigenvalue weighted by Crippen LogP contribution is 2.16. The van der Waals surface area contributed by atoms with Crippen LogP contribution in [-0.4, -0.2) is 40.4 Å². The van der Waals surface area contributed by atoms with Gasteiger partial charge in [0.1, 0.15) is 11.9 Å². The number of likely N-dealkylation sites (N-methyl/N-ethyl adjacent to an activating group) is 1. The number of benzene rings is 1. The first-order valence-corrected chi connectivity index (χ1v) is 6.77. The second-order valence-corrected chi connectivity index (χ2v) is 4.86. The summed E-state index contributed by atoms with van der Waals surface area (Å²) < 4.78 is 0. The van der Waals surface area contributed by atoms with E-state index in [1.807, 2.05) is 45.0 Å². The number of para-hydroxylation sites is 2. The first-order valence-electron chi connectivity index (χ1n) is 6.77. The van der Waals surface area contributed by atoms with Crippen molar-refractivity contribution in [3.05, 3.63) is 30.0 Å². The van der Waals surface area contributed by atoms with Crippen LogP contribution in [0.25, 0.3) is 11.0 Å². The number of carbonyl (C=O) groups is 1. The van der Waals surface area contributed by atoms with Gasteiger partial charge in [0, 0.05) is 13.6 Å². The molecule has 1 aromatic carbocycles. The minimum atomic E-state index is -0.325. The molecule has 1 unspecified atom stereocenters. The normalized spacial score (nSPS) is 12.2. The van der Waals surface area contributed by atoms with E-state index in [0.717, 1.165) is 16.7 Å². The molecule has 0 bridgehead atoms. The van der Waals surface area contributed by atoms with E-state index in [9.17, 15) is 4.79 Å². The fourth-order valence-electron chi connectivity index (χ4n) is 1.98. The molecule has 106 valence electrons. The van der Waals surface area contributed by atoms with Crippen molar-refractivity contribution in [1.29, 1.82) is 0 Å². The van der Waals surface area contributed by atoms with Crippen molar-refractivity contribution in [1.82, 2.24) is 14.9 Å². The van der Waals surface area contributed by atoms with E-state index in [1.54, 1.807) is 11.9 Å². The van der Waals surface area contributed by atoms with Crippen LogP contribution in [0.2, 0.25) is 0 Å². The quantitative estimate of drug-likeness (QED) is 0.927. The molecule has 1 amide bonds. The second kappa shape index (κ2) is 5.86. The lowest BCUT2D eigenvalue weighted by atomic mass is 10.2. The topological polar surface area (TPSA) is 58.1 Å². The van der Waals surface area contributed by atoms with Crippen LogP contribution in [0, 0.1) is 6.92 Å². The van der Waals surface area contributed by atoms with Gasteiger partial charge in [0.05, 0.1) is 16.7 Å². The largest absolute Gasteiger partial charge is 0.357 e. The summed E-state index contributed by atoms with van der Waals surface area (Å²) in [6, 6.07) is 7.38. The Morgan fingerprint density at radius 2 is 1.90 bits per heavy atom. The van der Waals surface area contributed by atoms with Crippen molar-refractivity contribution in [2.45, 2.75) is 26.8 Å². The van der Waals surface area contributed by atoms with E-state index in [0.29, 0.717) is 12.4 Å². The molecule has 0 aliphatic rings. The maximum atomic E-state index is 12.1. The number of nitrogens with one attached hydrogen (secondary N) is 1. The van der Waals surface area contributed by atoms with Crippen LogP contribution in [0.5, 0.6) is 0 Å². The average molecular weight is 272 g/mol. The van der Waals surface area contributed by atoms with Crippen LogP contribution in [0.15, 0.2) is 24.3 Å². The number of nitrogens with zero attached hydrogens (tertiary/aromatic N) is 3. The van der Waals surface area contributed by atoms with Crippen LogP contribution < -0.4 is 5.32 Å². The number of hydrogen-bond donors (Lipinski definition) is 1. The summed E-state index contributed by atoms with van der Waals surface area (Å²) in [5.74, 6) is 0.705. The summed E-state index contributed by atoms with van der Waals surface area (Å²) >= 11 is 0. The molecule has 0 saturated heterocycles.